The summed E-state index contributed by atoms with van der Waals surface area (Å²) in [6, 6.07) is 4.24. The van der Waals surface area contributed by atoms with Crippen LogP contribution in [-0.4, -0.2) is 30.0 Å². The van der Waals surface area contributed by atoms with Crippen molar-refractivity contribution in [2.45, 2.75) is 52.4 Å². The quantitative estimate of drug-likeness (QED) is 0.892. The predicted molar refractivity (Wildman–Crippen MR) is 71.1 cm³/mol. The van der Waals surface area contributed by atoms with E-state index in [1.165, 1.54) is 5.56 Å². The van der Waals surface area contributed by atoms with Crippen LogP contribution in [0.5, 0.6) is 5.75 Å². The van der Waals surface area contributed by atoms with E-state index >= 15 is 0 Å². The molecule has 1 aliphatic carbocycles. The summed E-state index contributed by atoms with van der Waals surface area (Å²) in [5.74, 6) is 0.933. The Kier molecular flexibility index (Phi) is 3.93. The van der Waals surface area contributed by atoms with Gasteiger partial charge in [-0.05, 0) is 38.8 Å². The van der Waals surface area contributed by atoms with Gasteiger partial charge in [0.25, 0.3) is 0 Å². The van der Waals surface area contributed by atoms with Crippen molar-refractivity contribution in [1.82, 2.24) is 0 Å². The molecular formula is C15H22O3. The Hall–Kier alpha value is -1.06. The maximum atomic E-state index is 9.66. The molecule has 3 heteroatoms. The summed E-state index contributed by atoms with van der Waals surface area (Å²) in [5.41, 5.74) is 3.53. The second-order valence-electron chi connectivity index (χ2n) is 5.11. The molecule has 0 heterocycles. The van der Waals surface area contributed by atoms with Crippen molar-refractivity contribution in [3.63, 3.8) is 0 Å². The van der Waals surface area contributed by atoms with E-state index in [0.29, 0.717) is 13.0 Å². The van der Waals surface area contributed by atoms with Crippen molar-refractivity contribution in [1.29, 1.82) is 0 Å². The molecule has 3 atom stereocenters. The van der Waals surface area contributed by atoms with Crippen LogP contribution in [0.3, 0.4) is 0 Å². The fourth-order valence-electron chi connectivity index (χ4n) is 2.59. The molecule has 0 spiro atoms. The number of hydrogen-bond donors (Lipinski definition) is 1. The van der Waals surface area contributed by atoms with Gasteiger partial charge in [0.1, 0.15) is 18.0 Å². The fraction of sp³-hybridized carbons (Fsp3) is 0.600. The highest BCUT2D eigenvalue weighted by molar-refractivity contribution is 5.43. The van der Waals surface area contributed by atoms with Crippen LogP contribution in [0.2, 0.25) is 0 Å². The molecule has 1 saturated carbocycles. The van der Waals surface area contributed by atoms with E-state index in [2.05, 4.69) is 32.9 Å². The van der Waals surface area contributed by atoms with Gasteiger partial charge in [-0.2, -0.15) is 0 Å². The Bertz CT molecular complexity index is 405. The smallest absolute Gasteiger partial charge is 0.130 e. The van der Waals surface area contributed by atoms with E-state index in [9.17, 15) is 5.11 Å². The minimum absolute atomic E-state index is 0.0277. The normalized spacial score (nSPS) is 26.8. The standard InChI is InChI=1S/C15H22O3/c1-5-17-15-12(16)8-13(15)18-14-10(3)6-9(2)7-11(14)4/h6-7,12-13,15-16H,5,8H2,1-4H3. The molecule has 3 unspecified atom stereocenters. The van der Waals surface area contributed by atoms with E-state index in [4.69, 9.17) is 9.47 Å². The van der Waals surface area contributed by atoms with E-state index in [-0.39, 0.29) is 18.3 Å². The van der Waals surface area contributed by atoms with Gasteiger partial charge in [0, 0.05) is 13.0 Å². The summed E-state index contributed by atoms with van der Waals surface area (Å²) in [6.45, 7) is 8.73. The minimum atomic E-state index is -0.388. The van der Waals surface area contributed by atoms with Gasteiger partial charge < -0.3 is 14.6 Å². The Morgan fingerprint density at radius 3 is 2.33 bits per heavy atom. The van der Waals surface area contributed by atoms with Crippen LogP contribution in [0.4, 0.5) is 0 Å². The van der Waals surface area contributed by atoms with Gasteiger partial charge in [0.05, 0.1) is 6.10 Å². The van der Waals surface area contributed by atoms with Crippen LogP contribution in [-0.2, 0) is 4.74 Å². The minimum Gasteiger partial charge on any atom is -0.487 e. The van der Waals surface area contributed by atoms with Gasteiger partial charge in [-0.15, -0.1) is 0 Å². The number of hydrogen-bond acceptors (Lipinski definition) is 3. The zero-order valence-corrected chi connectivity index (χ0v) is 11.6. The van der Waals surface area contributed by atoms with E-state index < -0.39 is 0 Å². The molecular weight excluding hydrogens is 228 g/mol. The molecule has 1 N–H and O–H groups in total. The van der Waals surface area contributed by atoms with Crippen molar-refractivity contribution in [3.05, 3.63) is 28.8 Å². The first-order valence-corrected chi connectivity index (χ1v) is 6.57. The van der Waals surface area contributed by atoms with Crippen molar-refractivity contribution in [3.8, 4) is 5.75 Å². The SMILES string of the molecule is CCOC1C(O)CC1Oc1c(C)cc(C)cc1C. The second kappa shape index (κ2) is 5.29. The van der Waals surface area contributed by atoms with Crippen LogP contribution in [0.1, 0.15) is 30.0 Å². The lowest BCUT2D eigenvalue weighted by Crippen LogP contribution is -2.55. The highest BCUT2D eigenvalue weighted by Gasteiger charge is 2.43. The van der Waals surface area contributed by atoms with E-state index in [1.807, 2.05) is 6.92 Å². The fourth-order valence-corrected chi connectivity index (χ4v) is 2.59. The molecule has 1 fully saturated rings. The van der Waals surface area contributed by atoms with Gasteiger partial charge in [0.2, 0.25) is 0 Å². The molecule has 0 radical (unpaired) electrons. The topological polar surface area (TPSA) is 38.7 Å². The van der Waals surface area contributed by atoms with Crippen LogP contribution in [0.25, 0.3) is 0 Å². The Morgan fingerprint density at radius 2 is 1.83 bits per heavy atom. The molecule has 0 aliphatic heterocycles. The monoisotopic (exact) mass is 250 g/mol. The maximum Gasteiger partial charge on any atom is 0.130 e. The summed E-state index contributed by atoms with van der Waals surface area (Å²) in [4.78, 5) is 0. The first kappa shape index (κ1) is 13.4. The summed E-state index contributed by atoms with van der Waals surface area (Å²) in [7, 11) is 0. The predicted octanol–water partition coefficient (Wildman–Crippen LogP) is 2.53. The molecule has 0 saturated heterocycles. The zero-order valence-electron chi connectivity index (χ0n) is 11.6. The molecule has 1 aliphatic rings. The molecule has 1 aromatic rings. The van der Waals surface area contributed by atoms with Gasteiger partial charge >= 0.3 is 0 Å². The average molecular weight is 250 g/mol. The molecule has 0 aromatic heterocycles. The van der Waals surface area contributed by atoms with Crippen molar-refractivity contribution in [2.75, 3.05) is 6.61 Å². The molecule has 2 rings (SSSR count). The zero-order chi connectivity index (χ0) is 13.3. The van der Waals surface area contributed by atoms with E-state index in [0.717, 1.165) is 16.9 Å². The third-order valence-electron chi connectivity index (χ3n) is 3.45. The van der Waals surface area contributed by atoms with Crippen molar-refractivity contribution >= 4 is 0 Å². The molecule has 0 bridgehead atoms. The molecule has 1 aromatic carbocycles. The maximum absolute atomic E-state index is 9.66. The number of aliphatic hydroxyl groups is 1. The van der Waals surface area contributed by atoms with Crippen LogP contribution in [0.15, 0.2) is 12.1 Å². The molecule has 3 nitrogen and oxygen atoms in total. The first-order chi connectivity index (χ1) is 8.52. The average Bonchev–Trinajstić information content (AvgIpc) is 2.29. The van der Waals surface area contributed by atoms with Crippen LogP contribution >= 0.6 is 0 Å². The number of ether oxygens (including phenoxy) is 2. The Balaban J connectivity index is 2.10. The van der Waals surface area contributed by atoms with Crippen molar-refractivity contribution in [2.24, 2.45) is 0 Å². The van der Waals surface area contributed by atoms with Gasteiger partial charge in [-0.3, -0.25) is 0 Å². The summed E-state index contributed by atoms with van der Waals surface area (Å²) >= 11 is 0. The largest absolute Gasteiger partial charge is 0.487 e. The van der Waals surface area contributed by atoms with Gasteiger partial charge in [0.15, 0.2) is 0 Å². The molecule has 100 valence electrons. The highest BCUT2D eigenvalue weighted by Crippen LogP contribution is 2.32. The van der Waals surface area contributed by atoms with Crippen molar-refractivity contribution < 1.29 is 14.6 Å². The summed E-state index contributed by atoms with van der Waals surface area (Å²) in [5, 5.41) is 9.66. The first-order valence-electron chi connectivity index (χ1n) is 6.57. The number of aryl methyl sites for hydroxylation is 3. The number of benzene rings is 1. The third kappa shape index (κ3) is 2.52. The Labute approximate surface area is 109 Å². The lowest BCUT2D eigenvalue weighted by molar-refractivity contribution is -0.160. The molecule has 18 heavy (non-hydrogen) atoms. The lowest BCUT2D eigenvalue weighted by Gasteiger charge is -2.41. The Morgan fingerprint density at radius 1 is 1.22 bits per heavy atom. The number of aliphatic hydroxyl groups excluding tert-OH is 1. The van der Waals surface area contributed by atoms with E-state index in [1.54, 1.807) is 0 Å². The molecule has 0 amide bonds. The third-order valence-corrected chi connectivity index (χ3v) is 3.45. The summed E-state index contributed by atoms with van der Waals surface area (Å²) in [6.07, 6.45) is 0.0495. The highest BCUT2D eigenvalue weighted by atomic mass is 16.6. The van der Waals surface area contributed by atoms with Gasteiger partial charge in [-0.1, -0.05) is 17.7 Å². The summed E-state index contributed by atoms with van der Waals surface area (Å²) < 4.78 is 11.5. The van der Waals surface area contributed by atoms with Gasteiger partial charge in [-0.25, -0.2) is 0 Å². The second-order valence-corrected chi connectivity index (χ2v) is 5.11. The van der Waals surface area contributed by atoms with Crippen LogP contribution < -0.4 is 4.74 Å². The number of rotatable bonds is 4. The lowest BCUT2D eigenvalue weighted by atomic mass is 9.87. The van der Waals surface area contributed by atoms with Crippen LogP contribution in [0, 0.1) is 20.8 Å².